The van der Waals surface area contributed by atoms with E-state index in [0.717, 1.165) is 19.3 Å². The second kappa shape index (κ2) is 8.71. The van der Waals surface area contributed by atoms with Crippen LogP contribution in [0.15, 0.2) is 48.6 Å². The molecule has 1 aliphatic rings. The largest absolute Gasteiger partial charge is 0.466 e. The molecule has 0 aromatic heterocycles. The molecule has 0 fully saturated rings. The van der Waals surface area contributed by atoms with Gasteiger partial charge in [-0.25, -0.2) is 0 Å². The normalized spacial score (nSPS) is 19.3. The number of carbonyl (C=O) groups excluding carboxylic acids is 1. The van der Waals surface area contributed by atoms with Crippen LogP contribution >= 0.6 is 0 Å². The van der Waals surface area contributed by atoms with E-state index in [1.165, 1.54) is 11.1 Å². The first kappa shape index (κ1) is 17.5. The van der Waals surface area contributed by atoms with Crippen molar-refractivity contribution in [2.75, 3.05) is 6.61 Å². The van der Waals surface area contributed by atoms with Crippen molar-refractivity contribution in [1.82, 2.24) is 0 Å². The zero-order valence-corrected chi connectivity index (χ0v) is 14.5. The first-order valence-electron chi connectivity index (χ1n) is 8.69. The fraction of sp³-hybridized carbons (Fsp3) is 0.476. The van der Waals surface area contributed by atoms with E-state index in [2.05, 4.69) is 55.5 Å². The van der Waals surface area contributed by atoms with Crippen LogP contribution in [0, 0.1) is 11.8 Å². The molecular weight excluding hydrogens is 284 g/mol. The van der Waals surface area contributed by atoms with Crippen molar-refractivity contribution in [1.29, 1.82) is 0 Å². The van der Waals surface area contributed by atoms with Crippen molar-refractivity contribution in [3.8, 4) is 0 Å². The molecule has 0 aliphatic heterocycles. The predicted molar refractivity (Wildman–Crippen MR) is 95.4 cm³/mol. The Balaban J connectivity index is 1.86. The van der Waals surface area contributed by atoms with Gasteiger partial charge in [-0.3, -0.25) is 4.79 Å². The monoisotopic (exact) mass is 312 g/mol. The number of hydrogen-bond donors (Lipinski definition) is 0. The van der Waals surface area contributed by atoms with Gasteiger partial charge in [-0.05, 0) is 43.2 Å². The molecule has 0 heterocycles. The van der Waals surface area contributed by atoms with Gasteiger partial charge in [-0.1, -0.05) is 62.4 Å². The summed E-state index contributed by atoms with van der Waals surface area (Å²) in [5.74, 6) is 0.878. The van der Waals surface area contributed by atoms with Gasteiger partial charge in [0.1, 0.15) is 0 Å². The zero-order chi connectivity index (χ0) is 16.7. The maximum Gasteiger partial charge on any atom is 0.308 e. The third-order valence-electron chi connectivity index (χ3n) is 4.42. The molecule has 1 aromatic carbocycles. The number of rotatable bonds is 7. The summed E-state index contributed by atoms with van der Waals surface area (Å²) in [5, 5.41) is 0. The van der Waals surface area contributed by atoms with E-state index < -0.39 is 0 Å². The molecule has 2 heteroatoms. The SMILES string of the molecule is CCOC(=O)[C@@H](C)CC(C)Cc1ccc(C2C=CC=CC2)cc1. The summed E-state index contributed by atoms with van der Waals surface area (Å²) < 4.78 is 5.09. The van der Waals surface area contributed by atoms with Crippen LogP contribution in [0.1, 0.15) is 50.7 Å². The maximum absolute atomic E-state index is 11.7. The molecule has 1 aromatic rings. The lowest BCUT2D eigenvalue weighted by Gasteiger charge is -2.17. The number of ether oxygens (including phenoxy) is 1. The van der Waals surface area contributed by atoms with Crippen molar-refractivity contribution < 1.29 is 9.53 Å². The second-order valence-electron chi connectivity index (χ2n) is 6.59. The Hall–Kier alpha value is -1.83. The molecular formula is C21H28O2. The lowest BCUT2D eigenvalue weighted by Crippen LogP contribution is -2.18. The van der Waals surface area contributed by atoms with E-state index in [1.54, 1.807) is 0 Å². The van der Waals surface area contributed by atoms with E-state index >= 15 is 0 Å². The Morgan fingerprint density at radius 2 is 1.96 bits per heavy atom. The smallest absolute Gasteiger partial charge is 0.308 e. The van der Waals surface area contributed by atoms with Crippen molar-refractivity contribution >= 4 is 5.97 Å². The quantitative estimate of drug-likeness (QED) is 0.658. The number of esters is 1. The average Bonchev–Trinajstić information content (AvgIpc) is 2.56. The van der Waals surface area contributed by atoms with Crippen LogP contribution in [-0.4, -0.2) is 12.6 Å². The summed E-state index contributed by atoms with van der Waals surface area (Å²) in [6.07, 6.45) is 11.7. The highest BCUT2D eigenvalue weighted by Gasteiger charge is 2.17. The maximum atomic E-state index is 11.7. The van der Waals surface area contributed by atoms with Crippen molar-refractivity contribution in [2.45, 2.75) is 46.0 Å². The Labute approximate surface area is 140 Å². The van der Waals surface area contributed by atoms with Crippen LogP contribution in [0.5, 0.6) is 0 Å². The second-order valence-corrected chi connectivity index (χ2v) is 6.59. The molecule has 3 atom stereocenters. The molecule has 0 radical (unpaired) electrons. The highest BCUT2D eigenvalue weighted by molar-refractivity contribution is 5.71. The molecule has 0 saturated carbocycles. The van der Waals surface area contributed by atoms with Crippen LogP contribution in [-0.2, 0) is 16.0 Å². The Morgan fingerprint density at radius 1 is 1.22 bits per heavy atom. The third-order valence-corrected chi connectivity index (χ3v) is 4.42. The summed E-state index contributed by atoms with van der Waals surface area (Å²) in [5.41, 5.74) is 2.72. The van der Waals surface area contributed by atoms with Crippen LogP contribution in [0.25, 0.3) is 0 Å². The summed E-state index contributed by atoms with van der Waals surface area (Å²) in [4.78, 5) is 11.7. The van der Waals surface area contributed by atoms with Gasteiger partial charge in [0.25, 0.3) is 0 Å². The van der Waals surface area contributed by atoms with E-state index in [-0.39, 0.29) is 11.9 Å². The number of hydrogen-bond acceptors (Lipinski definition) is 2. The van der Waals surface area contributed by atoms with Gasteiger partial charge >= 0.3 is 5.97 Å². The lowest BCUT2D eigenvalue weighted by molar-refractivity contribution is -0.147. The zero-order valence-electron chi connectivity index (χ0n) is 14.5. The first-order chi connectivity index (χ1) is 11.1. The van der Waals surface area contributed by atoms with Gasteiger partial charge in [0.2, 0.25) is 0 Å². The molecule has 124 valence electrons. The van der Waals surface area contributed by atoms with Gasteiger partial charge in [-0.15, -0.1) is 0 Å². The Bertz CT molecular complexity index is 554. The lowest BCUT2D eigenvalue weighted by atomic mass is 9.89. The molecule has 2 unspecified atom stereocenters. The molecule has 0 bridgehead atoms. The van der Waals surface area contributed by atoms with Gasteiger partial charge in [-0.2, -0.15) is 0 Å². The minimum absolute atomic E-state index is 0.0246. The standard InChI is InChI=1S/C21H28O2/c1-4-23-21(22)17(3)14-16(2)15-18-10-12-20(13-11-18)19-8-6-5-7-9-19/h5-8,10-13,16-17,19H,4,9,14-15H2,1-3H3/t16?,17-,19?/m0/s1. The molecule has 2 nitrogen and oxygen atoms in total. The summed E-state index contributed by atoms with van der Waals surface area (Å²) >= 11 is 0. The number of allylic oxidation sites excluding steroid dienone is 4. The molecule has 1 aliphatic carbocycles. The average molecular weight is 312 g/mol. The molecule has 0 saturated heterocycles. The topological polar surface area (TPSA) is 26.3 Å². The van der Waals surface area contributed by atoms with E-state index in [4.69, 9.17) is 4.74 Å². The predicted octanol–water partition coefficient (Wildman–Crippen LogP) is 5.05. The van der Waals surface area contributed by atoms with Crippen molar-refractivity contribution in [3.05, 3.63) is 59.7 Å². The van der Waals surface area contributed by atoms with Gasteiger partial charge < -0.3 is 4.74 Å². The van der Waals surface area contributed by atoms with Crippen molar-refractivity contribution in [3.63, 3.8) is 0 Å². The highest BCUT2D eigenvalue weighted by atomic mass is 16.5. The third kappa shape index (κ3) is 5.38. The first-order valence-corrected chi connectivity index (χ1v) is 8.69. The van der Waals surface area contributed by atoms with Gasteiger partial charge in [0.15, 0.2) is 0 Å². The fourth-order valence-electron chi connectivity index (χ4n) is 3.20. The minimum Gasteiger partial charge on any atom is -0.466 e. The van der Waals surface area contributed by atoms with Crippen LogP contribution in [0.3, 0.4) is 0 Å². The number of carbonyl (C=O) groups is 1. The molecule has 0 N–H and O–H groups in total. The fourth-order valence-corrected chi connectivity index (χ4v) is 3.20. The van der Waals surface area contributed by atoms with Gasteiger partial charge in [0.05, 0.1) is 12.5 Å². The van der Waals surface area contributed by atoms with E-state index in [9.17, 15) is 4.79 Å². The minimum atomic E-state index is -0.0770. The highest BCUT2D eigenvalue weighted by Crippen LogP contribution is 2.25. The van der Waals surface area contributed by atoms with E-state index in [1.807, 2.05) is 13.8 Å². The molecule has 0 spiro atoms. The molecule has 2 rings (SSSR count). The molecule has 23 heavy (non-hydrogen) atoms. The Kier molecular flexibility index (Phi) is 6.64. The number of benzene rings is 1. The van der Waals surface area contributed by atoms with Crippen LogP contribution < -0.4 is 0 Å². The Morgan fingerprint density at radius 3 is 2.57 bits per heavy atom. The van der Waals surface area contributed by atoms with Crippen LogP contribution in [0.2, 0.25) is 0 Å². The summed E-state index contributed by atoms with van der Waals surface area (Å²) in [6.45, 7) is 6.48. The van der Waals surface area contributed by atoms with Crippen LogP contribution in [0.4, 0.5) is 0 Å². The summed E-state index contributed by atoms with van der Waals surface area (Å²) in [7, 11) is 0. The van der Waals surface area contributed by atoms with E-state index in [0.29, 0.717) is 18.4 Å². The van der Waals surface area contributed by atoms with Gasteiger partial charge in [0, 0.05) is 5.92 Å². The summed E-state index contributed by atoms with van der Waals surface area (Å²) in [6, 6.07) is 8.94. The molecule has 0 amide bonds. The van der Waals surface area contributed by atoms with Crippen molar-refractivity contribution in [2.24, 2.45) is 11.8 Å².